The molecule has 1 amide bonds. The summed E-state index contributed by atoms with van der Waals surface area (Å²) in [7, 11) is 0. The lowest BCUT2D eigenvalue weighted by atomic mass is 10.2. The van der Waals surface area contributed by atoms with Crippen LogP contribution in [0.5, 0.6) is 5.75 Å². The standard InChI is InChI=1S/C15H9ClF4N2O4/c16-10-3-1-8(15(18,19)20)5-11(10)21-14(23)7-26-13-6-9(17)2-4-12(13)22(24)25/h1-6H,7H2,(H,21,23). The molecule has 0 atom stereocenters. The van der Waals surface area contributed by atoms with Crippen molar-refractivity contribution < 1.29 is 32.0 Å². The minimum absolute atomic E-state index is 0.150. The maximum Gasteiger partial charge on any atom is 0.416 e. The largest absolute Gasteiger partial charge is 0.477 e. The summed E-state index contributed by atoms with van der Waals surface area (Å²) in [6.45, 7) is -0.809. The maximum absolute atomic E-state index is 13.2. The molecule has 0 unspecified atom stereocenters. The van der Waals surface area contributed by atoms with Crippen LogP contribution in [0.4, 0.5) is 28.9 Å². The number of halogens is 5. The number of nitrogens with zero attached hydrogens (tertiary/aromatic N) is 1. The number of hydrogen-bond donors (Lipinski definition) is 1. The number of nitro groups is 1. The van der Waals surface area contributed by atoms with Crippen molar-refractivity contribution in [1.82, 2.24) is 0 Å². The number of hydrogen-bond acceptors (Lipinski definition) is 4. The van der Waals surface area contributed by atoms with Gasteiger partial charge in [-0.15, -0.1) is 0 Å². The number of carbonyl (C=O) groups is 1. The van der Waals surface area contributed by atoms with Crippen LogP contribution in [0.2, 0.25) is 5.02 Å². The van der Waals surface area contributed by atoms with E-state index in [0.29, 0.717) is 12.1 Å². The monoisotopic (exact) mass is 392 g/mol. The average Bonchev–Trinajstić information content (AvgIpc) is 2.53. The topological polar surface area (TPSA) is 81.5 Å². The Hall–Kier alpha value is -2.88. The van der Waals surface area contributed by atoms with Gasteiger partial charge < -0.3 is 10.1 Å². The molecule has 138 valence electrons. The molecule has 1 N–H and O–H groups in total. The first-order valence-corrected chi connectivity index (χ1v) is 7.19. The summed E-state index contributed by atoms with van der Waals surface area (Å²) in [4.78, 5) is 21.8. The Bertz CT molecular complexity index is 858. The summed E-state index contributed by atoms with van der Waals surface area (Å²) < 4.78 is 56.1. The van der Waals surface area contributed by atoms with Crippen LogP contribution in [0, 0.1) is 15.9 Å². The van der Waals surface area contributed by atoms with Gasteiger partial charge in [0.1, 0.15) is 5.82 Å². The molecule has 0 aromatic heterocycles. The van der Waals surface area contributed by atoms with E-state index in [2.05, 4.69) is 5.32 Å². The molecule has 2 aromatic rings. The molecular formula is C15H9ClF4N2O4. The molecule has 0 fully saturated rings. The Morgan fingerprint density at radius 3 is 2.54 bits per heavy atom. The van der Waals surface area contributed by atoms with Crippen molar-refractivity contribution in [2.45, 2.75) is 6.18 Å². The van der Waals surface area contributed by atoms with Crippen LogP contribution in [0.15, 0.2) is 36.4 Å². The number of rotatable bonds is 5. The number of nitro benzene ring substituents is 1. The Morgan fingerprint density at radius 2 is 1.92 bits per heavy atom. The van der Waals surface area contributed by atoms with Crippen molar-refractivity contribution in [2.75, 3.05) is 11.9 Å². The molecule has 26 heavy (non-hydrogen) atoms. The number of amides is 1. The van der Waals surface area contributed by atoms with Crippen LogP contribution in [0.1, 0.15) is 5.56 Å². The second kappa shape index (κ2) is 7.56. The highest BCUT2D eigenvalue weighted by Crippen LogP contribution is 2.34. The van der Waals surface area contributed by atoms with Crippen LogP contribution >= 0.6 is 11.6 Å². The average molecular weight is 393 g/mol. The first kappa shape index (κ1) is 19.4. The van der Waals surface area contributed by atoms with Crippen LogP contribution < -0.4 is 10.1 Å². The van der Waals surface area contributed by atoms with Gasteiger partial charge in [0.05, 0.1) is 21.2 Å². The molecule has 0 aliphatic carbocycles. The van der Waals surface area contributed by atoms with Gasteiger partial charge >= 0.3 is 11.9 Å². The predicted molar refractivity (Wildman–Crippen MR) is 83.6 cm³/mol. The van der Waals surface area contributed by atoms with Crippen LogP contribution in [0.25, 0.3) is 0 Å². The Labute approximate surface area is 148 Å². The van der Waals surface area contributed by atoms with Gasteiger partial charge in [-0.1, -0.05) is 11.6 Å². The summed E-state index contributed by atoms with van der Waals surface area (Å²) in [6, 6.07) is 4.73. The van der Waals surface area contributed by atoms with Gasteiger partial charge in [0.15, 0.2) is 6.61 Å². The highest BCUT2D eigenvalue weighted by molar-refractivity contribution is 6.33. The number of nitrogens with one attached hydrogen (secondary N) is 1. The molecule has 0 aliphatic rings. The lowest BCUT2D eigenvalue weighted by Crippen LogP contribution is -2.21. The molecule has 0 saturated carbocycles. The molecular weight excluding hydrogens is 384 g/mol. The van der Waals surface area contributed by atoms with E-state index in [1.165, 1.54) is 0 Å². The van der Waals surface area contributed by atoms with Gasteiger partial charge in [0.25, 0.3) is 5.91 Å². The van der Waals surface area contributed by atoms with Gasteiger partial charge in [-0.3, -0.25) is 14.9 Å². The van der Waals surface area contributed by atoms with Crippen molar-refractivity contribution in [2.24, 2.45) is 0 Å². The number of carbonyl (C=O) groups excluding carboxylic acids is 1. The van der Waals surface area contributed by atoms with Gasteiger partial charge in [0.2, 0.25) is 5.75 Å². The smallest absolute Gasteiger partial charge is 0.416 e. The number of benzene rings is 2. The van der Waals surface area contributed by atoms with E-state index in [4.69, 9.17) is 16.3 Å². The molecule has 0 radical (unpaired) electrons. The van der Waals surface area contributed by atoms with Crippen LogP contribution in [-0.2, 0) is 11.0 Å². The van der Waals surface area contributed by atoms with E-state index in [0.717, 1.165) is 24.3 Å². The zero-order chi connectivity index (χ0) is 19.5. The Morgan fingerprint density at radius 1 is 1.23 bits per heavy atom. The summed E-state index contributed by atoms with van der Waals surface area (Å²) in [5.74, 6) is -2.27. The van der Waals surface area contributed by atoms with Gasteiger partial charge in [-0.2, -0.15) is 13.2 Å². The second-order valence-electron chi connectivity index (χ2n) is 4.90. The van der Waals surface area contributed by atoms with Gasteiger partial charge in [-0.25, -0.2) is 4.39 Å². The predicted octanol–water partition coefficient (Wildman–Crippen LogP) is 4.42. The molecule has 2 aromatic carbocycles. The van der Waals surface area contributed by atoms with E-state index < -0.39 is 46.4 Å². The third kappa shape index (κ3) is 4.82. The van der Waals surface area contributed by atoms with Gasteiger partial charge in [0, 0.05) is 12.1 Å². The van der Waals surface area contributed by atoms with Crippen molar-refractivity contribution in [3.63, 3.8) is 0 Å². The molecule has 0 bridgehead atoms. The molecule has 2 rings (SSSR count). The lowest BCUT2D eigenvalue weighted by Gasteiger charge is -2.12. The van der Waals surface area contributed by atoms with E-state index in [-0.39, 0.29) is 10.7 Å². The minimum atomic E-state index is -4.64. The maximum atomic E-state index is 13.2. The van der Waals surface area contributed by atoms with Crippen LogP contribution in [-0.4, -0.2) is 17.4 Å². The minimum Gasteiger partial charge on any atom is -0.477 e. The fourth-order valence-electron chi connectivity index (χ4n) is 1.88. The van der Waals surface area contributed by atoms with E-state index in [1.807, 2.05) is 0 Å². The fourth-order valence-corrected chi connectivity index (χ4v) is 2.05. The third-order valence-electron chi connectivity index (χ3n) is 3.05. The highest BCUT2D eigenvalue weighted by Gasteiger charge is 2.31. The molecule has 0 spiro atoms. The van der Waals surface area contributed by atoms with Crippen molar-refractivity contribution in [1.29, 1.82) is 0 Å². The molecule has 6 nitrogen and oxygen atoms in total. The zero-order valence-electron chi connectivity index (χ0n) is 12.6. The molecule has 11 heteroatoms. The quantitative estimate of drug-likeness (QED) is 0.464. The number of ether oxygens (including phenoxy) is 1. The van der Waals surface area contributed by atoms with Crippen molar-refractivity contribution in [3.05, 3.63) is 62.9 Å². The second-order valence-corrected chi connectivity index (χ2v) is 5.31. The lowest BCUT2D eigenvalue weighted by molar-refractivity contribution is -0.385. The fraction of sp³-hybridized carbons (Fsp3) is 0.133. The molecule has 0 aliphatic heterocycles. The first-order valence-electron chi connectivity index (χ1n) is 6.81. The van der Waals surface area contributed by atoms with Crippen LogP contribution in [0.3, 0.4) is 0 Å². The van der Waals surface area contributed by atoms with Crippen molar-refractivity contribution >= 4 is 28.9 Å². The number of alkyl halides is 3. The summed E-state index contributed by atoms with van der Waals surface area (Å²) in [6.07, 6.45) is -4.64. The van der Waals surface area contributed by atoms with Gasteiger partial charge in [-0.05, 0) is 24.3 Å². The Kier molecular flexibility index (Phi) is 5.66. The zero-order valence-corrected chi connectivity index (χ0v) is 13.4. The molecule has 0 saturated heterocycles. The first-order chi connectivity index (χ1) is 12.1. The van der Waals surface area contributed by atoms with E-state index >= 15 is 0 Å². The van der Waals surface area contributed by atoms with E-state index in [9.17, 15) is 32.5 Å². The number of anilines is 1. The normalized spacial score (nSPS) is 11.1. The Balaban J connectivity index is 2.11. The summed E-state index contributed by atoms with van der Waals surface area (Å²) in [5, 5.41) is 12.8. The van der Waals surface area contributed by atoms with E-state index in [1.54, 1.807) is 0 Å². The molecule has 0 heterocycles. The highest BCUT2D eigenvalue weighted by atomic mass is 35.5. The third-order valence-corrected chi connectivity index (χ3v) is 3.37. The van der Waals surface area contributed by atoms with Crippen molar-refractivity contribution in [3.8, 4) is 5.75 Å². The summed E-state index contributed by atoms with van der Waals surface area (Å²) in [5.41, 5.74) is -1.92. The SMILES string of the molecule is O=C(COc1cc(F)ccc1[N+](=O)[O-])Nc1cc(C(F)(F)F)ccc1Cl. The summed E-state index contributed by atoms with van der Waals surface area (Å²) >= 11 is 5.73.